The van der Waals surface area contributed by atoms with Crippen molar-refractivity contribution >= 4 is 28.5 Å². The van der Waals surface area contributed by atoms with Gasteiger partial charge in [-0.1, -0.05) is 42.1 Å². The van der Waals surface area contributed by atoms with Gasteiger partial charge >= 0.3 is 5.76 Å². The van der Waals surface area contributed by atoms with Crippen LogP contribution in [0.25, 0.3) is 11.1 Å². The van der Waals surface area contributed by atoms with Gasteiger partial charge in [0.1, 0.15) is 5.82 Å². The van der Waals surface area contributed by atoms with Crippen molar-refractivity contribution in [3.63, 3.8) is 0 Å². The normalized spacial score (nSPS) is 11.3. The van der Waals surface area contributed by atoms with Crippen molar-refractivity contribution in [1.29, 1.82) is 0 Å². The van der Waals surface area contributed by atoms with E-state index in [0.717, 1.165) is 29.7 Å². The molecule has 4 aromatic rings. The Labute approximate surface area is 181 Å². The molecule has 0 amide bonds. The highest BCUT2D eigenvalue weighted by Crippen LogP contribution is 2.22. The van der Waals surface area contributed by atoms with Crippen molar-refractivity contribution in [3.05, 3.63) is 80.6 Å². The van der Waals surface area contributed by atoms with Gasteiger partial charge in [0.15, 0.2) is 10.7 Å². The molecule has 0 saturated carbocycles. The lowest BCUT2D eigenvalue weighted by molar-refractivity contribution is -0.384. The summed E-state index contributed by atoms with van der Waals surface area (Å²) in [6, 6.07) is 14.3. The fourth-order valence-corrected chi connectivity index (χ4v) is 4.36. The maximum atomic E-state index is 12.2. The minimum absolute atomic E-state index is 0.0709. The summed E-state index contributed by atoms with van der Waals surface area (Å²) in [5, 5.41) is 20.5. The molecule has 0 aliphatic rings. The Hall–Kier alpha value is -3.40. The van der Waals surface area contributed by atoms with E-state index in [1.807, 2.05) is 18.2 Å². The van der Waals surface area contributed by atoms with E-state index < -0.39 is 10.7 Å². The number of fused-ring (bicyclic) bond motifs is 1. The van der Waals surface area contributed by atoms with Gasteiger partial charge < -0.3 is 8.98 Å². The topological polar surface area (TPSA) is 109 Å². The SMILES string of the molecule is CCn1c(Cc2ccccc2)nnc1SCCCn1c(=O)oc2ccc([N+](=O)[O-])cc21. The number of thioether (sulfide) groups is 1. The molecular formula is C21H21N5O4S. The number of hydrogen-bond donors (Lipinski definition) is 0. The van der Waals surface area contributed by atoms with Crippen molar-refractivity contribution in [3.8, 4) is 0 Å². The first kappa shape index (κ1) is 20.9. The Morgan fingerprint density at radius 1 is 1.13 bits per heavy atom. The standard InChI is InChI=1S/C21H21N5O4S/c1-2-24-19(13-15-7-4-3-5-8-15)22-23-20(24)31-12-6-11-25-17-14-16(26(28)29)9-10-18(17)30-21(25)27/h3-5,7-10,14H,2,6,11-13H2,1H3. The Balaban J connectivity index is 1.41. The summed E-state index contributed by atoms with van der Waals surface area (Å²) in [6.45, 7) is 3.23. The molecule has 0 N–H and O–H groups in total. The summed E-state index contributed by atoms with van der Waals surface area (Å²) >= 11 is 1.58. The van der Waals surface area contributed by atoms with Gasteiger partial charge in [-0.15, -0.1) is 10.2 Å². The quantitative estimate of drug-likeness (QED) is 0.168. The third-order valence-corrected chi connectivity index (χ3v) is 5.99. The number of aryl methyl sites for hydroxylation is 1. The van der Waals surface area contributed by atoms with Crippen LogP contribution in [-0.4, -0.2) is 30.0 Å². The molecule has 0 aliphatic heterocycles. The number of benzene rings is 2. The van der Waals surface area contributed by atoms with E-state index in [4.69, 9.17) is 4.42 Å². The predicted octanol–water partition coefficient (Wildman–Crippen LogP) is 3.89. The van der Waals surface area contributed by atoms with Crippen LogP contribution >= 0.6 is 11.8 Å². The predicted molar refractivity (Wildman–Crippen MR) is 117 cm³/mol. The lowest BCUT2D eigenvalue weighted by Gasteiger charge is -2.07. The molecule has 10 heteroatoms. The molecule has 2 aromatic carbocycles. The molecule has 9 nitrogen and oxygen atoms in total. The van der Waals surface area contributed by atoms with Crippen LogP contribution in [0.5, 0.6) is 0 Å². The molecule has 0 radical (unpaired) electrons. The molecule has 0 bridgehead atoms. The number of oxazole rings is 1. The van der Waals surface area contributed by atoms with Crippen LogP contribution in [0, 0.1) is 10.1 Å². The van der Waals surface area contributed by atoms with Crippen LogP contribution in [-0.2, 0) is 19.5 Å². The highest BCUT2D eigenvalue weighted by molar-refractivity contribution is 7.99. The zero-order chi connectivity index (χ0) is 21.8. The number of nitrogens with zero attached hydrogens (tertiary/aromatic N) is 5. The second kappa shape index (κ2) is 9.17. The number of nitro groups is 1. The fraction of sp³-hybridized carbons (Fsp3) is 0.286. The highest BCUT2D eigenvalue weighted by atomic mass is 32.2. The number of hydrogen-bond acceptors (Lipinski definition) is 7. The van der Waals surface area contributed by atoms with Gasteiger partial charge in [0, 0.05) is 37.4 Å². The van der Waals surface area contributed by atoms with E-state index in [0.29, 0.717) is 24.1 Å². The Morgan fingerprint density at radius 2 is 1.94 bits per heavy atom. The molecule has 0 atom stereocenters. The monoisotopic (exact) mass is 439 g/mol. The second-order valence-corrected chi connectivity index (χ2v) is 8.00. The average Bonchev–Trinajstić information content (AvgIpc) is 3.30. The van der Waals surface area contributed by atoms with Crippen LogP contribution in [0.3, 0.4) is 0 Å². The Kier molecular flexibility index (Phi) is 6.17. The lowest BCUT2D eigenvalue weighted by Crippen LogP contribution is -2.14. The van der Waals surface area contributed by atoms with Crippen LogP contribution in [0.2, 0.25) is 0 Å². The minimum atomic E-state index is -0.512. The molecule has 0 saturated heterocycles. The zero-order valence-electron chi connectivity index (χ0n) is 16.9. The fourth-order valence-electron chi connectivity index (χ4n) is 3.41. The minimum Gasteiger partial charge on any atom is -0.408 e. The molecule has 0 spiro atoms. The van der Waals surface area contributed by atoms with Gasteiger partial charge in [0.05, 0.1) is 10.4 Å². The molecule has 31 heavy (non-hydrogen) atoms. The van der Waals surface area contributed by atoms with Gasteiger partial charge in [-0.05, 0) is 25.0 Å². The molecule has 4 rings (SSSR count). The van der Waals surface area contributed by atoms with E-state index in [1.54, 1.807) is 11.8 Å². The summed E-state index contributed by atoms with van der Waals surface area (Å²) in [4.78, 5) is 22.7. The molecule has 0 aliphatic carbocycles. The third kappa shape index (κ3) is 4.53. The van der Waals surface area contributed by atoms with Crippen molar-refractivity contribution < 1.29 is 9.34 Å². The van der Waals surface area contributed by atoms with Crippen LogP contribution in [0.15, 0.2) is 62.9 Å². The molecular weight excluding hydrogens is 418 g/mol. The number of aromatic nitrogens is 4. The third-order valence-electron chi connectivity index (χ3n) is 4.93. The van der Waals surface area contributed by atoms with Crippen molar-refractivity contribution in [2.24, 2.45) is 0 Å². The second-order valence-electron chi connectivity index (χ2n) is 6.94. The van der Waals surface area contributed by atoms with E-state index in [-0.39, 0.29) is 5.69 Å². The van der Waals surface area contributed by atoms with Crippen LogP contribution < -0.4 is 5.76 Å². The first-order chi connectivity index (χ1) is 15.1. The Morgan fingerprint density at radius 3 is 2.68 bits per heavy atom. The molecule has 0 fully saturated rings. The largest absolute Gasteiger partial charge is 0.419 e. The van der Waals surface area contributed by atoms with E-state index in [9.17, 15) is 14.9 Å². The van der Waals surface area contributed by atoms with Gasteiger partial charge in [-0.3, -0.25) is 14.7 Å². The highest BCUT2D eigenvalue weighted by Gasteiger charge is 2.15. The number of rotatable bonds is 9. The summed E-state index contributed by atoms with van der Waals surface area (Å²) in [5.41, 5.74) is 1.89. The van der Waals surface area contributed by atoms with Gasteiger partial charge in [0.25, 0.3) is 5.69 Å². The maximum absolute atomic E-state index is 12.2. The summed E-state index contributed by atoms with van der Waals surface area (Å²) < 4.78 is 8.73. The summed E-state index contributed by atoms with van der Waals surface area (Å²) in [7, 11) is 0. The van der Waals surface area contributed by atoms with E-state index >= 15 is 0 Å². The molecule has 0 unspecified atom stereocenters. The van der Waals surface area contributed by atoms with Crippen LogP contribution in [0.1, 0.15) is 24.7 Å². The van der Waals surface area contributed by atoms with Gasteiger partial charge in [0.2, 0.25) is 0 Å². The van der Waals surface area contributed by atoms with E-state index in [2.05, 4.69) is 33.8 Å². The van der Waals surface area contributed by atoms with E-state index in [1.165, 1.54) is 28.3 Å². The first-order valence-corrected chi connectivity index (χ1v) is 10.9. The maximum Gasteiger partial charge on any atom is 0.419 e. The summed E-state index contributed by atoms with van der Waals surface area (Å²) in [6.07, 6.45) is 1.39. The average molecular weight is 439 g/mol. The lowest BCUT2D eigenvalue weighted by atomic mass is 10.1. The molecule has 160 valence electrons. The number of nitro benzene ring substituents is 1. The summed E-state index contributed by atoms with van der Waals surface area (Å²) in [5.74, 6) is 1.13. The zero-order valence-corrected chi connectivity index (χ0v) is 17.7. The van der Waals surface area contributed by atoms with Gasteiger partial charge in [-0.2, -0.15) is 0 Å². The smallest absolute Gasteiger partial charge is 0.408 e. The van der Waals surface area contributed by atoms with Gasteiger partial charge in [-0.25, -0.2) is 4.79 Å². The number of non-ortho nitro benzene ring substituents is 1. The molecule has 2 heterocycles. The first-order valence-electron chi connectivity index (χ1n) is 9.93. The van der Waals surface area contributed by atoms with Crippen molar-refractivity contribution in [1.82, 2.24) is 19.3 Å². The van der Waals surface area contributed by atoms with Crippen molar-refractivity contribution in [2.75, 3.05) is 5.75 Å². The molecule has 2 aromatic heterocycles. The Bertz CT molecular complexity index is 1260. The van der Waals surface area contributed by atoms with Crippen molar-refractivity contribution in [2.45, 2.75) is 38.0 Å². The van der Waals surface area contributed by atoms with Crippen LogP contribution in [0.4, 0.5) is 5.69 Å².